The van der Waals surface area contributed by atoms with E-state index in [2.05, 4.69) is 5.32 Å². The van der Waals surface area contributed by atoms with Gasteiger partial charge in [-0.1, -0.05) is 17.7 Å². The second kappa shape index (κ2) is 5.87. The first-order chi connectivity index (χ1) is 11.2. The van der Waals surface area contributed by atoms with E-state index in [-0.39, 0.29) is 6.03 Å². The molecule has 0 saturated carbocycles. The van der Waals surface area contributed by atoms with Gasteiger partial charge in [0.1, 0.15) is 0 Å². The van der Waals surface area contributed by atoms with E-state index >= 15 is 0 Å². The van der Waals surface area contributed by atoms with Crippen LogP contribution in [0.2, 0.25) is 5.02 Å². The van der Waals surface area contributed by atoms with Gasteiger partial charge in [-0.25, -0.2) is 4.79 Å². The molecule has 2 bridgehead atoms. The molecular formula is C17H21ClN2O3. The van der Waals surface area contributed by atoms with E-state index < -0.39 is 0 Å². The monoisotopic (exact) mass is 336 g/mol. The fraction of sp³-hybridized carbons (Fsp3) is 0.588. The zero-order valence-corrected chi connectivity index (χ0v) is 13.9. The van der Waals surface area contributed by atoms with Gasteiger partial charge in [-0.05, 0) is 31.9 Å². The minimum atomic E-state index is -0.0815. The number of rotatable bonds is 3. The van der Waals surface area contributed by atoms with Crippen LogP contribution in [0.15, 0.2) is 18.2 Å². The molecule has 3 heterocycles. The van der Waals surface area contributed by atoms with Gasteiger partial charge in [-0.15, -0.1) is 0 Å². The van der Waals surface area contributed by atoms with Gasteiger partial charge in [0.05, 0.1) is 29.5 Å². The summed E-state index contributed by atoms with van der Waals surface area (Å²) in [6.07, 6.45) is 3.00. The number of anilines is 1. The number of para-hydroxylation sites is 1. The molecule has 0 spiro atoms. The van der Waals surface area contributed by atoms with E-state index in [1.54, 1.807) is 6.07 Å². The van der Waals surface area contributed by atoms with E-state index in [1.807, 2.05) is 24.0 Å². The van der Waals surface area contributed by atoms with Crippen LogP contribution in [0.5, 0.6) is 5.75 Å². The molecule has 4 rings (SSSR count). The third-order valence-electron chi connectivity index (χ3n) is 5.24. The minimum absolute atomic E-state index is 0.0815. The van der Waals surface area contributed by atoms with Crippen LogP contribution in [0.1, 0.15) is 19.8 Å². The predicted molar refractivity (Wildman–Crippen MR) is 88.1 cm³/mol. The highest BCUT2D eigenvalue weighted by atomic mass is 35.5. The van der Waals surface area contributed by atoms with Gasteiger partial charge in [-0.3, -0.25) is 0 Å². The standard InChI is InChI=1S/C17H21ClN2O3/c1-2-22-16-12(18)4-3-5-13(16)19-17(21)20-8-10-11(9-20)15-7-6-14(10)23-15/h3-5,10-11,14-15H,2,6-9H2,1H3,(H,19,21)/t10-,11+,14-,15-/m1/s1. The minimum Gasteiger partial charge on any atom is -0.490 e. The molecule has 0 radical (unpaired) electrons. The van der Waals surface area contributed by atoms with Crippen LogP contribution in [0.25, 0.3) is 0 Å². The molecule has 0 unspecified atom stereocenters. The molecule has 3 aliphatic heterocycles. The molecule has 1 N–H and O–H groups in total. The number of ether oxygens (including phenoxy) is 2. The van der Waals surface area contributed by atoms with Crippen molar-refractivity contribution in [2.24, 2.45) is 11.8 Å². The SMILES string of the molecule is CCOc1c(Cl)cccc1NC(=O)N1C[C@@H]2[C@H](C1)[C@H]1CC[C@H]2O1. The molecule has 2 amide bonds. The number of urea groups is 1. The molecule has 23 heavy (non-hydrogen) atoms. The number of halogens is 1. The fourth-order valence-electron chi connectivity index (χ4n) is 4.22. The maximum Gasteiger partial charge on any atom is 0.321 e. The first kappa shape index (κ1) is 15.1. The summed E-state index contributed by atoms with van der Waals surface area (Å²) in [7, 11) is 0. The number of amides is 2. The molecule has 1 aromatic rings. The summed E-state index contributed by atoms with van der Waals surface area (Å²) in [5.74, 6) is 1.54. The lowest BCUT2D eigenvalue weighted by Crippen LogP contribution is -2.35. The Balaban J connectivity index is 1.46. The average molecular weight is 337 g/mol. The van der Waals surface area contributed by atoms with Crippen LogP contribution in [0.3, 0.4) is 0 Å². The number of fused-ring (bicyclic) bond motifs is 5. The molecular weight excluding hydrogens is 316 g/mol. The number of likely N-dealkylation sites (tertiary alicyclic amines) is 1. The summed E-state index contributed by atoms with van der Waals surface area (Å²) in [5.41, 5.74) is 0.626. The molecule has 0 aromatic heterocycles. The quantitative estimate of drug-likeness (QED) is 0.920. The highest BCUT2D eigenvalue weighted by Gasteiger charge is 2.53. The van der Waals surface area contributed by atoms with Gasteiger partial charge in [0, 0.05) is 24.9 Å². The van der Waals surface area contributed by atoms with Crippen molar-refractivity contribution in [1.82, 2.24) is 4.90 Å². The summed E-state index contributed by atoms with van der Waals surface area (Å²) >= 11 is 6.17. The molecule has 3 fully saturated rings. The highest BCUT2D eigenvalue weighted by molar-refractivity contribution is 6.32. The number of carbonyl (C=O) groups excluding carboxylic acids is 1. The predicted octanol–water partition coefficient (Wildman–Crippen LogP) is 3.38. The van der Waals surface area contributed by atoms with Gasteiger partial charge in [0.2, 0.25) is 0 Å². The Labute approximate surface area is 140 Å². The summed E-state index contributed by atoms with van der Waals surface area (Å²) in [6, 6.07) is 5.31. The summed E-state index contributed by atoms with van der Waals surface area (Å²) in [5, 5.41) is 3.46. The summed E-state index contributed by atoms with van der Waals surface area (Å²) in [4.78, 5) is 14.5. The molecule has 6 heteroatoms. The molecule has 3 aliphatic rings. The normalized spacial score (nSPS) is 31.3. The van der Waals surface area contributed by atoms with Gasteiger partial charge in [0.15, 0.2) is 5.75 Å². The molecule has 1 aromatic carbocycles. The molecule has 4 atom stereocenters. The van der Waals surface area contributed by atoms with E-state index in [1.165, 1.54) is 0 Å². The van der Waals surface area contributed by atoms with Crippen molar-refractivity contribution in [2.75, 3.05) is 25.0 Å². The third kappa shape index (κ3) is 2.56. The third-order valence-corrected chi connectivity index (χ3v) is 5.53. The maximum absolute atomic E-state index is 12.6. The van der Waals surface area contributed by atoms with Crippen LogP contribution >= 0.6 is 11.6 Å². The van der Waals surface area contributed by atoms with E-state index in [0.717, 1.165) is 25.9 Å². The zero-order valence-electron chi connectivity index (χ0n) is 13.1. The number of carbonyl (C=O) groups is 1. The second-order valence-corrected chi connectivity index (χ2v) is 6.91. The van der Waals surface area contributed by atoms with Crippen molar-refractivity contribution < 1.29 is 14.3 Å². The number of hydrogen-bond acceptors (Lipinski definition) is 3. The Morgan fingerprint density at radius 3 is 2.70 bits per heavy atom. The summed E-state index contributed by atoms with van der Waals surface area (Å²) < 4.78 is 11.5. The van der Waals surface area contributed by atoms with Crippen molar-refractivity contribution in [3.63, 3.8) is 0 Å². The van der Waals surface area contributed by atoms with E-state index in [0.29, 0.717) is 47.1 Å². The Hall–Kier alpha value is -1.46. The number of nitrogens with one attached hydrogen (secondary N) is 1. The number of benzene rings is 1. The molecule has 3 saturated heterocycles. The number of hydrogen-bond donors (Lipinski definition) is 1. The maximum atomic E-state index is 12.6. The molecule has 0 aliphatic carbocycles. The van der Waals surface area contributed by atoms with Crippen LogP contribution in [0.4, 0.5) is 10.5 Å². The Bertz CT molecular complexity index is 606. The zero-order chi connectivity index (χ0) is 16.0. The van der Waals surface area contributed by atoms with Crippen LogP contribution in [-0.4, -0.2) is 42.8 Å². The van der Waals surface area contributed by atoms with E-state index in [4.69, 9.17) is 21.1 Å². The van der Waals surface area contributed by atoms with Gasteiger partial charge < -0.3 is 19.7 Å². The second-order valence-electron chi connectivity index (χ2n) is 6.50. The van der Waals surface area contributed by atoms with Crippen molar-refractivity contribution >= 4 is 23.3 Å². The van der Waals surface area contributed by atoms with Crippen molar-refractivity contribution in [2.45, 2.75) is 32.0 Å². The van der Waals surface area contributed by atoms with Gasteiger partial charge in [-0.2, -0.15) is 0 Å². The average Bonchev–Trinajstić information content (AvgIpc) is 3.22. The van der Waals surface area contributed by atoms with Gasteiger partial charge in [0.25, 0.3) is 0 Å². The van der Waals surface area contributed by atoms with Gasteiger partial charge >= 0.3 is 6.03 Å². The fourth-order valence-corrected chi connectivity index (χ4v) is 4.45. The van der Waals surface area contributed by atoms with Crippen LogP contribution in [-0.2, 0) is 4.74 Å². The Morgan fingerprint density at radius 1 is 1.35 bits per heavy atom. The van der Waals surface area contributed by atoms with E-state index in [9.17, 15) is 4.79 Å². The largest absolute Gasteiger partial charge is 0.490 e. The van der Waals surface area contributed by atoms with Crippen molar-refractivity contribution in [3.05, 3.63) is 23.2 Å². The lowest BCUT2D eigenvalue weighted by atomic mass is 9.82. The highest BCUT2D eigenvalue weighted by Crippen LogP contribution is 2.47. The topological polar surface area (TPSA) is 50.8 Å². The first-order valence-electron chi connectivity index (χ1n) is 8.30. The Morgan fingerprint density at radius 2 is 2.04 bits per heavy atom. The summed E-state index contributed by atoms with van der Waals surface area (Å²) in [6.45, 7) is 3.96. The smallest absolute Gasteiger partial charge is 0.321 e. The van der Waals surface area contributed by atoms with Crippen LogP contribution in [0, 0.1) is 11.8 Å². The number of nitrogens with zero attached hydrogens (tertiary/aromatic N) is 1. The van der Waals surface area contributed by atoms with Crippen LogP contribution < -0.4 is 10.1 Å². The van der Waals surface area contributed by atoms with Crippen molar-refractivity contribution in [3.8, 4) is 5.75 Å². The Kier molecular flexibility index (Phi) is 3.85. The molecule has 124 valence electrons. The lowest BCUT2D eigenvalue weighted by molar-refractivity contribution is 0.0746. The first-order valence-corrected chi connectivity index (χ1v) is 8.68. The molecule has 5 nitrogen and oxygen atoms in total. The lowest BCUT2D eigenvalue weighted by Gasteiger charge is -2.20. The van der Waals surface area contributed by atoms with Crippen molar-refractivity contribution in [1.29, 1.82) is 0 Å².